The van der Waals surface area contributed by atoms with Gasteiger partial charge in [-0.3, -0.25) is 14.6 Å². The number of halogens is 5. The number of alkyl halides is 3. The highest BCUT2D eigenvalue weighted by Gasteiger charge is 2.44. The minimum atomic E-state index is -4.64. The number of rotatable bonds is 6. The van der Waals surface area contributed by atoms with Gasteiger partial charge in [-0.05, 0) is 134 Å². The molecule has 0 saturated carbocycles. The molecule has 14 heteroatoms. The van der Waals surface area contributed by atoms with E-state index in [9.17, 15) is 28.2 Å². The van der Waals surface area contributed by atoms with Crippen LogP contribution in [-0.4, -0.2) is 124 Å². The molecule has 57 heavy (non-hydrogen) atoms. The second-order valence-corrected chi connectivity index (χ2v) is 17.9. The molecule has 4 heterocycles. The number of hydrogen-bond acceptors (Lipinski definition) is 8. The lowest BCUT2D eigenvalue weighted by Gasteiger charge is -2.39. The smallest absolute Gasteiger partial charge is 0.444 e. The first-order valence-corrected chi connectivity index (χ1v) is 20.8. The highest BCUT2D eigenvalue weighted by molar-refractivity contribution is 6.30. The van der Waals surface area contributed by atoms with Gasteiger partial charge in [-0.15, -0.1) is 0 Å². The first-order valence-electron chi connectivity index (χ1n) is 20.7. The molecule has 0 bridgehead atoms. The summed E-state index contributed by atoms with van der Waals surface area (Å²) in [5.74, 6) is 0. The van der Waals surface area contributed by atoms with Crippen molar-refractivity contribution in [3.05, 3.63) is 69.7 Å². The van der Waals surface area contributed by atoms with E-state index in [1.807, 2.05) is 63.8 Å². The number of aliphatic hydroxyl groups is 2. The molecule has 0 radical (unpaired) electrons. The van der Waals surface area contributed by atoms with E-state index in [-0.39, 0.29) is 6.09 Å². The number of likely N-dealkylation sites (tertiary alicyclic amines) is 3. The molecule has 4 saturated heterocycles. The Morgan fingerprint density at radius 3 is 1.56 bits per heavy atom. The predicted octanol–water partition coefficient (Wildman–Crippen LogP) is 8.34. The van der Waals surface area contributed by atoms with Crippen LogP contribution in [-0.2, 0) is 22.4 Å². The largest absolute Gasteiger partial charge is 0.446 e. The Hall–Kier alpha value is -2.45. The second-order valence-electron chi connectivity index (χ2n) is 17.1. The number of benzene rings is 2. The maximum atomic E-state index is 12.3. The number of piperidine rings is 2. The zero-order valence-corrected chi connectivity index (χ0v) is 36.0. The lowest BCUT2D eigenvalue weighted by molar-refractivity contribution is -0.156. The van der Waals surface area contributed by atoms with Crippen LogP contribution in [0, 0.1) is 0 Å². The van der Waals surface area contributed by atoms with Crippen molar-refractivity contribution in [2.24, 2.45) is 0 Å². The van der Waals surface area contributed by atoms with Gasteiger partial charge in [0, 0.05) is 61.8 Å². The Balaban J connectivity index is 0.000000263. The van der Waals surface area contributed by atoms with Crippen LogP contribution in [0.25, 0.3) is 0 Å². The number of carbonyl (C=O) groups excluding carboxylic acids is 2. The number of ether oxygens (including phenoxy) is 1. The summed E-state index contributed by atoms with van der Waals surface area (Å²) in [5, 5.41) is 26.2. The minimum absolute atomic E-state index is 0.225. The van der Waals surface area contributed by atoms with E-state index in [1.54, 1.807) is 6.92 Å². The van der Waals surface area contributed by atoms with Crippen LogP contribution >= 0.6 is 23.2 Å². The molecule has 2 aromatic rings. The Labute approximate surface area is 349 Å². The normalized spacial score (nSPS) is 26.5. The standard InChI is InChI=1S/C22H33ClN2O3.C17H25ClN2O.C2HF3O.C2H6/c1-21(2,3)28-20(26)24-11-9-18(10-12-24)25-15-22(4,27)14-19(25)13-16-5-7-17(23)8-6-16;1-17(21)11-16(10-13-2-4-14(18)5-3-13)20(12-17)15-6-8-19-9-7-15;3-2(4,5)1-6;1-2/h5-8,18-19,27H,9-15H2,1-4H3;2-5,15-16,19,21H,6-12H2,1H3;1H;1-2H3/t19-,22?;16-,17?;;/m00../s1/i;;;1D. The third-order valence-corrected chi connectivity index (χ3v) is 11.1. The van der Waals surface area contributed by atoms with E-state index in [0.717, 1.165) is 68.2 Å². The molecule has 3 N–H and O–H groups in total. The van der Waals surface area contributed by atoms with Crippen molar-refractivity contribution >= 4 is 35.6 Å². The maximum absolute atomic E-state index is 12.3. The first-order chi connectivity index (χ1) is 27.0. The van der Waals surface area contributed by atoms with Crippen LogP contribution in [0.4, 0.5) is 18.0 Å². The molecule has 0 aromatic heterocycles. The monoisotopic (exact) mass is 845 g/mol. The van der Waals surface area contributed by atoms with Crippen molar-refractivity contribution in [3.63, 3.8) is 0 Å². The zero-order chi connectivity index (χ0) is 43.3. The number of aldehydes is 1. The van der Waals surface area contributed by atoms with Gasteiger partial charge in [0.15, 0.2) is 0 Å². The summed E-state index contributed by atoms with van der Waals surface area (Å²) in [4.78, 5) is 27.8. The van der Waals surface area contributed by atoms with Crippen LogP contribution < -0.4 is 5.32 Å². The molecular weight excluding hydrogens is 780 g/mol. The SMILES string of the molecule is CC1(O)C[C@H](Cc2ccc(Cl)cc2)N(C2CCN(C(=O)OC(C)(C)C)CC2)C1.CC1(O)C[C@H](Cc2ccc(Cl)cc2)N(C2CCNCC2)C1.O=CC(F)(F)F.[2H]CC. The zero-order valence-electron chi connectivity index (χ0n) is 35.5. The summed E-state index contributed by atoms with van der Waals surface area (Å²) in [6, 6.07) is 17.8. The molecule has 2 aromatic carbocycles. The minimum Gasteiger partial charge on any atom is -0.444 e. The van der Waals surface area contributed by atoms with E-state index in [4.69, 9.17) is 34.1 Å². The Bertz CT molecular complexity index is 1530. The fourth-order valence-corrected chi connectivity index (χ4v) is 8.54. The molecule has 6 rings (SSSR count). The highest BCUT2D eigenvalue weighted by Crippen LogP contribution is 2.35. The summed E-state index contributed by atoms with van der Waals surface area (Å²) in [7, 11) is 0. The molecule has 4 aliphatic rings. The third-order valence-electron chi connectivity index (χ3n) is 10.6. The Morgan fingerprint density at radius 2 is 1.21 bits per heavy atom. The van der Waals surface area contributed by atoms with Gasteiger partial charge in [-0.2, -0.15) is 13.2 Å². The molecule has 0 spiro atoms. The van der Waals surface area contributed by atoms with Gasteiger partial charge < -0.3 is 25.2 Å². The van der Waals surface area contributed by atoms with Crippen molar-refractivity contribution in [2.45, 2.75) is 147 Å². The number of carbonyl (C=O) groups is 2. The quantitative estimate of drug-likeness (QED) is 0.250. The fourth-order valence-electron chi connectivity index (χ4n) is 8.29. The lowest BCUT2D eigenvalue weighted by atomic mass is 9.97. The van der Waals surface area contributed by atoms with Crippen LogP contribution in [0.1, 0.15) is 99.5 Å². The van der Waals surface area contributed by atoms with Gasteiger partial charge in [0.1, 0.15) is 5.60 Å². The van der Waals surface area contributed by atoms with E-state index >= 15 is 0 Å². The topological polar surface area (TPSA) is 106 Å². The summed E-state index contributed by atoms with van der Waals surface area (Å²) in [5.41, 5.74) is 0.858. The summed E-state index contributed by atoms with van der Waals surface area (Å²) in [6.45, 7) is 17.0. The first kappa shape index (κ1) is 47.2. The molecule has 322 valence electrons. The van der Waals surface area contributed by atoms with E-state index < -0.39 is 29.3 Å². The summed E-state index contributed by atoms with van der Waals surface area (Å²) >= 11 is 12.0. The molecule has 2 unspecified atom stereocenters. The highest BCUT2D eigenvalue weighted by atomic mass is 35.5. The van der Waals surface area contributed by atoms with Crippen LogP contribution in [0.2, 0.25) is 10.0 Å². The van der Waals surface area contributed by atoms with Gasteiger partial charge in [0.2, 0.25) is 6.29 Å². The van der Waals surface area contributed by atoms with Crippen molar-refractivity contribution in [3.8, 4) is 0 Å². The number of hydrogen-bond donors (Lipinski definition) is 3. The average molecular weight is 847 g/mol. The number of amides is 1. The lowest BCUT2D eigenvalue weighted by Crippen LogP contribution is -2.50. The van der Waals surface area contributed by atoms with Crippen molar-refractivity contribution < 1.29 is 39.1 Å². The fraction of sp³-hybridized carbons (Fsp3) is 0.674. The second kappa shape index (κ2) is 21.7. The molecule has 9 nitrogen and oxygen atoms in total. The number of nitrogens with one attached hydrogen (secondary N) is 1. The molecule has 4 atom stereocenters. The molecule has 4 fully saturated rings. The Morgan fingerprint density at radius 1 is 0.842 bits per heavy atom. The molecule has 0 aliphatic carbocycles. The van der Waals surface area contributed by atoms with Gasteiger partial charge in [-0.1, -0.05) is 61.3 Å². The molecular formula is C43H65Cl2F3N4O5. The van der Waals surface area contributed by atoms with Crippen molar-refractivity contribution in [1.82, 2.24) is 20.0 Å². The molecule has 4 aliphatic heterocycles. The number of β-amino-alcohol motifs (C(OH)–C–C–N with tert-alkyl or cyclic N) is 2. The van der Waals surface area contributed by atoms with E-state index in [2.05, 4.69) is 39.4 Å². The summed E-state index contributed by atoms with van der Waals surface area (Å²) < 4.78 is 43.0. The van der Waals surface area contributed by atoms with Crippen molar-refractivity contribution in [1.29, 1.82) is 0 Å². The Kier molecular flexibility index (Phi) is 18.0. The van der Waals surface area contributed by atoms with Crippen LogP contribution in [0.5, 0.6) is 0 Å². The summed E-state index contributed by atoms with van der Waals surface area (Å²) in [6.07, 6.45) is 1.79. The third kappa shape index (κ3) is 17.0. The van der Waals surface area contributed by atoms with Gasteiger partial charge in [0.05, 0.1) is 11.2 Å². The van der Waals surface area contributed by atoms with Crippen molar-refractivity contribution in [2.75, 3.05) is 39.3 Å². The van der Waals surface area contributed by atoms with Gasteiger partial charge in [-0.25, -0.2) is 4.79 Å². The van der Waals surface area contributed by atoms with Gasteiger partial charge >= 0.3 is 12.3 Å². The van der Waals surface area contributed by atoms with Crippen LogP contribution in [0.3, 0.4) is 0 Å². The van der Waals surface area contributed by atoms with E-state index in [1.165, 1.54) is 24.0 Å². The van der Waals surface area contributed by atoms with Crippen LogP contribution in [0.15, 0.2) is 48.5 Å². The maximum Gasteiger partial charge on any atom is 0.446 e. The van der Waals surface area contributed by atoms with E-state index in [0.29, 0.717) is 50.7 Å². The predicted molar refractivity (Wildman–Crippen MR) is 222 cm³/mol. The average Bonchev–Trinajstić information content (AvgIpc) is 3.63. The van der Waals surface area contributed by atoms with Gasteiger partial charge in [0.25, 0.3) is 0 Å². The number of nitrogens with zero attached hydrogens (tertiary/aromatic N) is 3. The molecule has 1 amide bonds.